The normalized spacial score (nSPS) is 23.5. The number of aliphatic carboxylic acids is 1. The van der Waals surface area contributed by atoms with Crippen LogP contribution in [0.25, 0.3) is 0 Å². The Labute approximate surface area is 240 Å². The summed E-state index contributed by atoms with van der Waals surface area (Å²) in [6.07, 6.45) is -0.178. The third-order valence-electron chi connectivity index (χ3n) is 8.10. The summed E-state index contributed by atoms with van der Waals surface area (Å²) >= 11 is 0. The first-order valence-electron chi connectivity index (χ1n) is 13.9. The van der Waals surface area contributed by atoms with Crippen LogP contribution in [-0.4, -0.2) is 63.5 Å². The first-order chi connectivity index (χ1) is 19.6. The minimum atomic E-state index is -1.73. The largest absolute Gasteiger partial charge is 0.481 e. The average Bonchev–Trinajstić information content (AvgIpc) is 3.25. The van der Waals surface area contributed by atoms with E-state index in [1.807, 2.05) is 44.2 Å². The molecule has 1 aliphatic heterocycles. The number of benzene rings is 2. The molecule has 2 aromatic rings. The number of rotatable bonds is 14. The lowest BCUT2D eigenvalue weighted by Crippen LogP contribution is -2.63. The Morgan fingerprint density at radius 1 is 1.15 bits per heavy atom. The van der Waals surface area contributed by atoms with Crippen molar-refractivity contribution < 1.29 is 29.2 Å². The predicted octanol–water partition coefficient (Wildman–Crippen LogP) is 3.16. The van der Waals surface area contributed by atoms with E-state index in [0.717, 1.165) is 5.56 Å². The summed E-state index contributed by atoms with van der Waals surface area (Å²) in [4.78, 5) is 52.5. The van der Waals surface area contributed by atoms with Gasteiger partial charge in [-0.3, -0.25) is 24.5 Å². The van der Waals surface area contributed by atoms with Gasteiger partial charge in [0.25, 0.3) is 0 Å². The number of carboxylic acid groups (broad SMARTS) is 1. The van der Waals surface area contributed by atoms with Crippen molar-refractivity contribution in [2.75, 3.05) is 13.1 Å². The van der Waals surface area contributed by atoms with Crippen LogP contribution in [0.4, 0.5) is 0 Å². The van der Waals surface area contributed by atoms with Crippen LogP contribution in [0.15, 0.2) is 60.7 Å². The Morgan fingerprint density at radius 2 is 1.76 bits per heavy atom. The van der Waals surface area contributed by atoms with Gasteiger partial charge < -0.3 is 25.8 Å². The van der Waals surface area contributed by atoms with E-state index in [-0.39, 0.29) is 31.9 Å². The molecule has 0 aliphatic carbocycles. The van der Waals surface area contributed by atoms with Gasteiger partial charge in [-0.05, 0) is 30.4 Å². The van der Waals surface area contributed by atoms with Crippen LogP contribution in [0.2, 0.25) is 0 Å². The van der Waals surface area contributed by atoms with Crippen molar-refractivity contribution in [3.63, 3.8) is 0 Å². The second-order valence-electron chi connectivity index (χ2n) is 10.7. The van der Waals surface area contributed by atoms with Crippen molar-refractivity contribution in [2.45, 2.75) is 70.4 Å². The Morgan fingerprint density at radius 3 is 2.29 bits per heavy atom. The molecular weight excluding hydrogens is 528 g/mol. The van der Waals surface area contributed by atoms with Crippen molar-refractivity contribution in [1.29, 1.82) is 0 Å². The molecule has 41 heavy (non-hydrogen) atoms. The molecule has 2 amide bonds. The molecule has 1 aliphatic rings. The third kappa shape index (κ3) is 6.91. The summed E-state index contributed by atoms with van der Waals surface area (Å²) in [7, 11) is 0. The van der Waals surface area contributed by atoms with E-state index < -0.39 is 58.9 Å². The maximum Gasteiger partial charge on any atom is 0.303 e. The van der Waals surface area contributed by atoms with Gasteiger partial charge in [0.15, 0.2) is 0 Å². The quantitative estimate of drug-likeness (QED) is 0.178. The maximum atomic E-state index is 14.1. The lowest BCUT2D eigenvalue weighted by Gasteiger charge is -2.42. The van der Waals surface area contributed by atoms with E-state index in [1.54, 1.807) is 37.3 Å². The number of carboxylic acids is 1. The lowest BCUT2D eigenvalue weighted by molar-refractivity contribution is -0.536. The highest BCUT2D eigenvalue weighted by Crippen LogP contribution is 2.51. The molecular formula is C30H40N4O7. The zero-order valence-corrected chi connectivity index (χ0v) is 23.8. The molecule has 6 atom stereocenters. The number of hydrogen-bond donors (Lipinski definition) is 3. The van der Waals surface area contributed by atoms with Crippen LogP contribution in [0, 0.1) is 22.0 Å². The zero-order chi connectivity index (χ0) is 30.2. The molecule has 0 radical (unpaired) electrons. The monoisotopic (exact) mass is 568 g/mol. The minimum absolute atomic E-state index is 0.0239. The minimum Gasteiger partial charge on any atom is -0.481 e. The van der Waals surface area contributed by atoms with E-state index in [1.165, 1.54) is 4.90 Å². The molecule has 1 fully saturated rings. The van der Waals surface area contributed by atoms with Crippen LogP contribution in [-0.2, 0) is 25.7 Å². The van der Waals surface area contributed by atoms with Crippen molar-refractivity contribution in [1.82, 2.24) is 10.2 Å². The maximum absolute atomic E-state index is 14.1. The van der Waals surface area contributed by atoms with E-state index in [2.05, 4.69) is 5.32 Å². The first-order valence-corrected chi connectivity index (χ1v) is 13.9. The van der Waals surface area contributed by atoms with Gasteiger partial charge in [0.1, 0.15) is 11.6 Å². The molecule has 0 spiro atoms. The fraction of sp³-hybridized carbons (Fsp3) is 0.500. The third-order valence-corrected chi connectivity index (χ3v) is 8.10. The number of carbonyl (C=O) groups is 3. The number of ether oxygens (including phenoxy) is 1. The standard InChI is InChI=1S/C30H40N4O7/c1-4-20(2)28(41-19-21-12-7-5-8-13-21)25-27(34(39)40)26(22-14-9-6-10-15-22)33(23(35)18-31)30(25,3)29(38)32-17-11-16-24(36)37/h5-10,12-15,20,25-28H,4,11,16-19,31H2,1-3H3,(H,32,38)(H,36,37)/t20-,25+,26-,27-,28?,30+/m0/s1. The number of nitrogens with two attached hydrogens (primary N) is 1. The Hall–Kier alpha value is -3.83. The number of hydrogen-bond acceptors (Lipinski definition) is 7. The summed E-state index contributed by atoms with van der Waals surface area (Å²) in [5, 5.41) is 24.8. The molecule has 1 heterocycles. The smallest absolute Gasteiger partial charge is 0.303 e. The summed E-state index contributed by atoms with van der Waals surface area (Å²) in [6.45, 7) is 5.13. The lowest BCUT2D eigenvalue weighted by atomic mass is 9.74. The summed E-state index contributed by atoms with van der Waals surface area (Å²) < 4.78 is 6.46. The number of nitrogens with zero attached hydrogens (tertiary/aromatic N) is 2. The molecule has 222 valence electrons. The van der Waals surface area contributed by atoms with E-state index in [0.29, 0.717) is 12.0 Å². The zero-order valence-electron chi connectivity index (χ0n) is 23.8. The van der Waals surface area contributed by atoms with Crippen LogP contribution >= 0.6 is 0 Å². The molecule has 0 aromatic heterocycles. The highest BCUT2D eigenvalue weighted by Gasteiger charge is 2.69. The second kappa shape index (κ2) is 14.2. The van der Waals surface area contributed by atoms with E-state index in [9.17, 15) is 24.5 Å². The molecule has 3 rings (SSSR count). The fourth-order valence-corrected chi connectivity index (χ4v) is 5.90. The first kappa shape index (κ1) is 31.7. The highest BCUT2D eigenvalue weighted by atomic mass is 16.6. The SMILES string of the molecule is CC[C@H](C)C(OCc1ccccc1)[C@H]1[C@H]([N+](=O)[O-])[C@H](c2ccccc2)N(C(=O)CN)[C@@]1(C)C(=O)NCCCC(=O)O. The number of carbonyl (C=O) groups excluding carboxylic acids is 2. The topological polar surface area (TPSA) is 165 Å². The van der Waals surface area contributed by atoms with E-state index >= 15 is 0 Å². The van der Waals surface area contributed by atoms with Gasteiger partial charge in [-0.2, -0.15) is 0 Å². The van der Waals surface area contributed by atoms with Crippen molar-refractivity contribution in [3.8, 4) is 0 Å². The van der Waals surface area contributed by atoms with Gasteiger partial charge in [0, 0.05) is 17.9 Å². The van der Waals surface area contributed by atoms with Crippen molar-refractivity contribution in [2.24, 2.45) is 17.6 Å². The van der Waals surface area contributed by atoms with Gasteiger partial charge in [-0.15, -0.1) is 0 Å². The summed E-state index contributed by atoms with van der Waals surface area (Å²) in [6, 6.07) is 15.5. The number of likely N-dealkylation sites (tertiary alicyclic amines) is 1. The number of amides is 2. The molecule has 1 saturated heterocycles. The van der Waals surface area contributed by atoms with Gasteiger partial charge in [0.05, 0.1) is 25.2 Å². The Kier molecular flexibility index (Phi) is 11.0. The molecule has 11 heteroatoms. The highest BCUT2D eigenvalue weighted by molar-refractivity contribution is 5.93. The predicted molar refractivity (Wildman–Crippen MR) is 152 cm³/mol. The van der Waals surface area contributed by atoms with Crippen LogP contribution in [0.3, 0.4) is 0 Å². The Balaban J connectivity index is 2.19. The molecule has 0 bridgehead atoms. The van der Waals surface area contributed by atoms with Gasteiger partial charge in [-0.25, -0.2) is 0 Å². The van der Waals surface area contributed by atoms with Crippen molar-refractivity contribution >= 4 is 17.8 Å². The average molecular weight is 569 g/mol. The van der Waals surface area contributed by atoms with Crippen LogP contribution in [0.1, 0.15) is 57.2 Å². The van der Waals surface area contributed by atoms with Gasteiger partial charge in [0.2, 0.25) is 17.9 Å². The molecule has 0 saturated carbocycles. The van der Waals surface area contributed by atoms with Crippen LogP contribution < -0.4 is 11.1 Å². The van der Waals surface area contributed by atoms with Gasteiger partial charge in [-0.1, -0.05) is 80.9 Å². The molecule has 1 unspecified atom stereocenters. The number of nitrogens with one attached hydrogen (secondary N) is 1. The van der Waals surface area contributed by atoms with E-state index in [4.69, 9.17) is 15.6 Å². The molecule has 11 nitrogen and oxygen atoms in total. The summed E-state index contributed by atoms with van der Waals surface area (Å²) in [5.74, 6) is -3.50. The van der Waals surface area contributed by atoms with Gasteiger partial charge >= 0.3 is 5.97 Å². The fourth-order valence-electron chi connectivity index (χ4n) is 5.90. The second-order valence-corrected chi connectivity index (χ2v) is 10.7. The Bertz CT molecular complexity index is 1200. The number of nitro groups is 1. The molecule has 2 aromatic carbocycles. The van der Waals surface area contributed by atoms with Crippen LogP contribution in [0.5, 0.6) is 0 Å². The summed E-state index contributed by atoms with van der Waals surface area (Å²) in [5.41, 5.74) is 5.48. The molecule has 4 N–H and O–H groups in total. The van der Waals surface area contributed by atoms with Crippen molar-refractivity contribution in [3.05, 3.63) is 81.9 Å².